The van der Waals surface area contributed by atoms with Crippen LogP contribution in [0.25, 0.3) is 0 Å². The van der Waals surface area contributed by atoms with Gasteiger partial charge >= 0.3 is 0 Å². The topological polar surface area (TPSA) is 70.2 Å². The Kier molecular flexibility index (Phi) is 4.96. The average Bonchev–Trinajstić information content (AvgIpc) is 2.52. The largest absolute Gasteiger partial charge is 0.355 e. The van der Waals surface area contributed by atoms with Crippen molar-refractivity contribution in [3.8, 4) is 0 Å². The first-order chi connectivity index (χ1) is 10.0. The highest BCUT2D eigenvalue weighted by Gasteiger charge is 2.27. The molecule has 5 heteroatoms. The van der Waals surface area contributed by atoms with Crippen LogP contribution in [0.1, 0.15) is 40.5 Å². The molecule has 0 saturated carbocycles. The van der Waals surface area contributed by atoms with Gasteiger partial charge in [0.1, 0.15) is 0 Å². The van der Waals surface area contributed by atoms with Crippen LogP contribution in [0.2, 0.25) is 0 Å². The van der Waals surface area contributed by atoms with Crippen molar-refractivity contribution in [2.24, 2.45) is 5.41 Å². The fourth-order valence-corrected chi connectivity index (χ4v) is 2.55. The van der Waals surface area contributed by atoms with E-state index >= 15 is 0 Å². The molecule has 1 heterocycles. The summed E-state index contributed by atoms with van der Waals surface area (Å²) in [4.78, 5) is 23.8. The fourth-order valence-electron chi connectivity index (χ4n) is 2.55. The maximum atomic E-state index is 12.2. The average molecular weight is 289 g/mol. The van der Waals surface area contributed by atoms with Gasteiger partial charge < -0.3 is 16.0 Å². The number of hydrogen-bond acceptors (Lipinski definition) is 3. The van der Waals surface area contributed by atoms with Crippen molar-refractivity contribution < 1.29 is 9.59 Å². The SMILES string of the molecule is CNC(=O)c1cccc(C(=O)NCC2(C)CCNCC2)c1. The van der Waals surface area contributed by atoms with Crippen LogP contribution in [0.5, 0.6) is 0 Å². The minimum atomic E-state index is -0.185. The quantitative estimate of drug-likeness (QED) is 0.779. The lowest BCUT2D eigenvalue weighted by atomic mass is 9.81. The van der Waals surface area contributed by atoms with Gasteiger partial charge in [0.05, 0.1) is 0 Å². The Morgan fingerprint density at radius 1 is 1.19 bits per heavy atom. The van der Waals surface area contributed by atoms with Crippen LogP contribution in [-0.4, -0.2) is 38.5 Å². The zero-order valence-electron chi connectivity index (χ0n) is 12.7. The second-order valence-corrected chi connectivity index (χ2v) is 5.90. The lowest BCUT2D eigenvalue weighted by Gasteiger charge is -2.34. The maximum absolute atomic E-state index is 12.2. The Labute approximate surface area is 125 Å². The van der Waals surface area contributed by atoms with Crippen molar-refractivity contribution >= 4 is 11.8 Å². The number of piperidine rings is 1. The monoisotopic (exact) mass is 289 g/mol. The molecule has 1 fully saturated rings. The molecule has 1 aromatic carbocycles. The zero-order valence-corrected chi connectivity index (χ0v) is 12.7. The summed E-state index contributed by atoms with van der Waals surface area (Å²) in [7, 11) is 1.58. The Bertz CT molecular complexity index is 522. The highest BCUT2D eigenvalue weighted by Crippen LogP contribution is 2.26. The summed E-state index contributed by atoms with van der Waals surface area (Å²) < 4.78 is 0. The van der Waals surface area contributed by atoms with E-state index in [1.807, 2.05) is 0 Å². The summed E-state index contributed by atoms with van der Waals surface area (Å²) in [5.74, 6) is -0.310. The van der Waals surface area contributed by atoms with E-state index < -0.39 is 0 Å². The molecule has 1 aliphatic heterocycles. The van der Waals surface area contributed by atoms with E-state index in [0.717, 1.165) is 25.9 Å². The van der Waals surface area contributed by atoms with Crippen molar-refractivity contribution in [2.45, 2.75) is 19.8 Å². The fraction of sp³-hybridized carbons (Fsp3) is 0.500. The highest BCUT2D eigenvalue weighted by molar-refractivity contribution is 5.99. The molecule has 5 nitrogen and oxygen atoms in total. The lowest BCUT2D eigenvalue weighted by Crippen LogP contribution is -2.42. The number of nitrogens with one attached hydrogen (secondary N) is 3. The Morgan fingerprint density at radius 2 is 1.81 bits per heavy atom. The molecular weight excluding hydrogens is 266 g/mol. The molecule has 0 aromatic heterocycles. The molecule has 21 heavy (non-hydrogen) atoms. The molecule has 0 spiro atoms. The van der Waals surface area contributed by atoms with E-state index in [2.05, 4.69) is 22.9 Å². The summed E-state index contributed by atoms with van der Waals surface area (Å²) in [5, 5.41) is 8.88. The maximum Gasteiger partial charge on any atom is 0.251 e. The van der Waals surface area contributed by atoms with Crippen LogP contribution in [0.3, 0.4) is 0 Å². The Morgan fingerprint density at radius 3 is 2.43 bits per heavy atom. The molecule has 114 valence electrons. The van der Waals surface area contributed by atoms with Gasteiger partial charge in [-0.05, 0) is 49.5 Å². The van der Waals surface area contributed by atoms with Crippen molar-refractivity contribution in [2.75, 3.05) is 26.7 Å². The smallest absolute Gasteiger partial charge is 0.251 e. The van der Waals surface area contributed by atoms with Crippen molar-refractivity contribution in [3.63, 3.8) is 0 Å². The minimum absolute atomic E-state index is 0.125. The number of carbonyl (C=O) groups excluding carboxylic acids is 2. The summed E-state index contributed by atoms with van der Waals surface area (Å²) >= 11 is 0. The molecular formula is C16H23N3O2. The number of rotatable bonds is 4. The number of benzene rings is 1. The number of amides is 2. The predicted molar refractivity (Wildman–Crippen MR) is 82.4 cm³/mol. The van der Waals surface area contributed by atoms with Gasteiger partial charge in [0, 0.05) is 24.7 Å². The highest BCUT2D eigenvalue weighted by atomic mass is 16.2. The molecule has 1 aliphatic rings. The van der Waals surface area contributed by atoms with Gasteiger partial charge in [-0.3, -0.25) is 9.59 Å². The Balaban J connectivity index is 1.98. The summed E-state index contributed by atoms with van der Waals surface area (Å²) in [6, 6.07) is 6.78. The van der Waals surface area contributed by atoms with Gasteiger partial charge in [-0.15, -0.1) is 0 Å². The number of carbonyl (C=O) groups is 2. The van der Waals surface area contributed by atoms with Crippen LogP contribution in [0, 0.1) is 5.41 Å². The standard InChI is InChI=1S/C16H23N3O2/c1-16(6-8-18-9-7-16)11-19-15(21)13-5-3-4-12(10-13)14(20)17-2/h3-5,10,18H,6-9,11H2,1-2H3,(H,17,20)(H,19,21). The first-order valence-corrected chi connectivity index (χ1v) is 7.35. The molecule has 2 amide bonds. The van der Waals surface area contributed by atoms with E-state index in [-0.39, 0.29) is 17.2 Å². The summed E-state index contributed by atoms with van der Waals surface area (Å²) in [6.45, 7) is 4.86. The summed E-state index contributed by atoms with van der Waals surface area (Å²) in [5.41, 5.74) is 1.17. The third-order valence-corrected chi connectivity index (χ3v) is 4.10. The van der Waals surface area contributed by atoms with Gasteiger partial charge in [0.15, 0.2) is 0 Å². The van der Waals surface area contributed by atoms with Crippen LogP contribution < -0.4 is 16.0 Å². The van der Waals surface area contributed by atoms with Crippen molar-refractivity contribution in [1.29, 1.82) is 0 Å². The van der Waals surface area contributed by atoms with Gasteiger partial charge in [0.25, 0.3) is 11.8 Å². The van der Waals surface area contributed by atoms with Gasteiger partial charge in [-0.25, -0.2) is 0 Å². The third kappa shape index (κ3) is 4.04. The van der Waals surface area contributed by atoms with Gasteiger partial charge in [0.2, 0.25) is 0 Å². The van der Waals surface area contributed by atoms with E-state index in [1.165, 1.54) is 0 Å². The zero-order chi connectivity index (χ0) is 15.3. The molecule has 2 rings (SSSR count). The molecule has 0 radical (unpaired) electrons. The minimum Gasteiger partial charge on any atom is -0.355 e. The molecule has 0 aliphatic carbocycles. The third-order valence-electron chi connectivity index (χ3n) is 4.10. The van der Waals surface area contributed by atoms with Crippen LogP contribution in [0.4, 0.5) is 0 Å². The first kappa shape index (κ1) is 15.5. The second-order valence-electron chi connectivity index (χ2n) is 5.90. The molecule has 0 unspecified atom stereocenters. The molecule has 1 aromatic rings. The molecule has 0 atom stereocenters. The molecule has 0 bridgehead atoms. The Hall–Kier alpha value is -1.88. The van der Waals surface area contributed by atoms with Gasteiger partial charge in [-0.2, -0.15) is 0 Å². The summed E-state index contributed by atoms with van der Waals surface area (Å²) in [6.07, 6.45) is 2.12. The molecule has 3 N–H and O–H groups in total. The van der Waals surface area contributed by atoms with Crippen LogP contribution in [-0.2, 0) is 0 Å². The van der Waals surface area contributed by atoms with Crippen molar-refractivity contribution in [3.05, 3.63) is 35.4 Å². The van der Waals surface area contributed by atoms with Crippen LogP contribution >= 0.6 is 0 Å². The second kappa shape index (κ2) is 6.72. The van der Waals surface area contributed by atoms with E-state index in [4.69, 9.17) is 0 Å². The van der Waals surface area contributed by atoms with Gasteiger partial charge in [-0.1, -0.05) is 13.0 Å². The van der Waals surface area contributed by atoms with E-state index in [1.54, 1.807) is 31.3 Å². The van der Waals surface area contributed by atoms with E-state index in [0.29, 0.717) is 17.7 Å². The predicted octanol–water partition coefficient (Wildman–Crippen LogP) is 1.17. The lowest BCUT2D eigenvalue weighted by molar-refractivity contribution is 0.0922. The number of hydrogen-bond donors (Lipinski definition) is 3. The first-order valence-electron chi connectivity index (χ1n) is 7.35. The normalized spacial score (nSPS) is 17.0. The van der Waals surface area contributed by atoms with Crippen molar-refractivity contribution in [1.82, 2.24) is 16.0 Å². The van der Waals surface area contributed by atoms with Crippen LogP contribution in [0.15, 0.2) is 24.3 Å². The van der Waals surface area contributed by atoms with E-state index in [9.17, 15) is 9.59 Å². The molecule has 1 saturated heterocycles.